The fraction of sp³-hybridized carbons (Fsp3) is 0. The Hall–Kier alpha value is -7.81. The molecule has 3 aromatic rings. The summed E-state index contributed by atoms with van der Waals surface area (Å²) in [6.45, 7) is 0. The molecule has 0 aromatic heterocycles. The van der Waals surface area contributed by atoms with Gasteiger partial charge in [-0.2, -0.15) is 0 Å². The van der Waals surface area contributed by atoms with E-state index in [-0.39, 0.29) is 17.4 Å². The van der Waals surface area contributed by atoms with Crippen LogP contribution < -0.4 is 15.3 Å². The van der Waals surface area contributed by atoms with E-state index in [9.17, 15) is 106 Å². The van der Waals surface area contributed by atoms with Crippen LogP contribution in [0.1, 0.15) is 0 Å². The quantitative estimate of drug-likeness (QED) is 0.170. The van der Waals surface area contributed by atoms with Crippen LogP contribution in [0, 0.1) is 91.0 Å². The van der Waals surface area contributed by atoms with E-state index in [0.29, 0.717) is 36.4 Å². The molecule has 0 radical (unpaired) electrons. The molecule has 3 aromatic carbocycles. The number of hydrogen-bond donors (Lipinski definition) is 0. The third-order valence-electron chi connectivity index (χ3n) is 4.92. The van der Waals surface area contributed by atoms with Gasteiger partial charge in [0.25, 0.3) is 51.2 Å². The Kier molecular flexibility index (Phi) is 13.9. The Labute approximate surface area is 273 Å². The zero-order chi connectivity index (χ0) is 37.4. The molecule has 0 aliphatic heterocycles. The van der Waals surface area contributed by atoms with E-state index in [1.54, 1.807) is 0 Å². The van der Waals surface area contributed by atoms with E-state index >= 15 is 0 Å². The molecule has 0 saturated carbocycles. The average Bonchev–Trinajstić information content (AvgIpc) is 2.96. The summed E-state index contributed by atoms with van der Waals surface area (Å²) < 4.78 is 0. The largest absolute Gasteiger partial charge is 3.00 e. The van der Waals surface area contributed by atoms with Gasteiger partial charge in [0.2, 0.25) is 0 Å². The Morgan fingerprint density at radius 3 is 0.490 bits per heavy atom. The summed E-state index contributed by atoms with van der Waals surface area (Å²) in [5, 5.41) is 126. The second-order valence-corrected chi connectivity index (χ2v) is 7.75. The Morgan fingerprint density at radius 1 is 0.286 bits per heavy atom. The number of non-ortho nitro benzene ring substituents is 3. The molecule has 3 rings (SSSR count). The monoisotopic (exact) mass is 711 g/mol. The summed E-state index contributed by atoms with van der Waals surface area (Å²) in [6, 6.07) is 2.31. The molecule has 0 N–H and O–H groups in total. The molecule has 30 nitrogen and oxygen atoms in total. The summed E-state index contributed by atoms with van der Waals surface area (Å²) in [5.41, 5.74) is -9.79. The first kappa shape index (κ1) is 41.2. The number of benzene rings is 3. The molecule has 0 spiro atoms. The van der Waals surface area contributed by atoms with Crippen LogP contribution in [0.4, 0.5) is 51.2 Å². The topological polar surface area (TPSA) is 457 Å². The van der Waals surface area contributed by atoms with Crippen molar-refractivity contribution in [3.8, 4) is 17.2 Å². The van der Waals surface area contributed by atoms with Crippen molar-refractivity contribution in [1.82, 2.24) is 0 Å². The normalized spacial score (nSPS) is 9.55. The van der Waals surface area contributed by atoms with Crippen LogP contribution >= 0.6 is 0 Å². The number of nitrogens with zero attached hydrogens (tertiary/aromatic N) is 9. The van der Waals surface area contributed by atoms with Gasteiger partial charge in [0.1, 0.15) is 0 Å². The fourth-order valence-corrected chi connectivity index (χ4v) is 2.88. The zero-order valence-electron chi connectivity index (χ0n) is 22.6. The molecule has 0 unspecified atom stereocenters. The maximum atomic E-state index is 11.1. The number of rotatable bonds is 9. The van der Waals surface area contributed by atoms with E-state index in [1.807, 2.05) is 0 Å². The minimum atomic E-state index is -1.46. The summed E-state index contributed by atoms with van der Waals surface area (Å²) in [4.78, 5) is 82.5. The van der Waals surface area contributed by atoms with Gasteiger partial charge in [-0.15, -0.1) is 0 Å². The van der Waals surface area contributed by atoms with E-state index in [1.165, 1.54) is 0 Å². The summed E-state index contributed by atoms with van der Waals surface area (Å²) in [7, 11) is 0. The molecule has 31 heteroatoms. The first-order valence-electron chi connectivity index (χ1n) is 10.9. The fourth-order valence-electron chi connectivity index (χ4n) is 2.88. The molecule has 0 aliphatic carbocycles. The molecule has 0 aliphatic rings. The van der Waals surface area contributed by atoms with Crippen molar-refractivity contribution in [2.24, 2.45) is 0 Å². The van der Waals surface area contributed by atoms with Gasteiger partial charge in [0, 0.05) is 0 Å². The van der Waals surface area contributed by atoms with Crippen molar-refractivity contribution in [1.29, 1.82) is 0 Å². The van der Waals surface area contributed by atoms with Crippen molar-refractivity contribution in [2.45, 2.75) is 0 Å². The van der Waals surface area contributed by atoms with Crippen LogP contribution in [0.25, 0.3) is 0 Å². The number of hydrogen-bond acceptors (Lipinski definition) is 21. The van der Waals surface area contributed by atoms with Gasteiger partial charge in [-0.05, 0) is 0 Å². The van der Waals surface area contributed by atoms with Gasteiger partial charge in [-0.1, -0.05) is 0 Å². The minimum absolute atomic E-state index is 0. The van der Waals surface area contributed by atoms with Gasteiger partial charge >= 0.3 is 17.4 Å². The van der Waals surface area contributed by atoms with E-state index in [0.717, 1.165) is 0 Å². The Bertz CT molecular complexity index is 1610. The summed E-state index contributed by atoms with van der Waals surface area (Å²) in [5.74, 6) is -4.37. The Balaban J connectivity index is 0.000000698. The van der Waals surface area contributed by atoms with Gasteiger partial charge < -0.3 is 15.3 Å². The second kappa shape index (κ2) is 16.5. The third kappa shape index (κ3) is 10.1. The van der Waals surface area contributed by atoms with E-state index < -0.39 is 113 Å². The first-order valence-corrected chi connectivity index (χ1v) is 10.9. The van der Waals surface area contributed by atoms with Crippen LogP contribution in [0.5, 0.6) is 17.2 Å². The van der Waals surface area contributed by atoms with Gasteiger partial charge in [-0.3, -0.25) is 91.0 Å². The van der Waals surface area contributed by atoms with Gasteiger partial charge in [0.05, 0.1) is 98.0 Å². The SMILES string of the molecule is O=[N+]([O-])c1cc([N+](=O)[O-])c([O-])c([N+](=O)[O-])c1.O=[N+]([O-])c1cc([N+](=O)[O-])c([O-])c([N+](=O)[O-])c1.O=[N+]([O-])c1cc([N+](=O)[O-])c([O-])c([N+](=O)[O-])c1.[Al+3]. The first-order chi connectivity index (χ1) is 22.0. The van der Waals surface area contributed by atoms with E-state index in [2.05, 4.69) is 0 Å². The van der Waals surface area contributed by atoms with Crippen LogP contribution in [0.3, 0.4) is 0 Å². The summed E-state index contributed by atoms with van der Waals surface area (Å²) >= 11 is 0. The van der Waals surface area contributed by atoms with Crippen molar-refractivity contribution in [3.63, 3.8) is 0 Å². The molecule has 0 bridgehead atoms. The predicted octanol–water partition coefficient (Wildman–Crippen LogP) is 1.07. The summed E-state index contributed by atoms with van der Waals surface area (Å²) in [6.07, 6.45) is 0. The van der Waals surface area contributed by atoms with Crippen LogP contribution in [0.15, 0.2) is 36.4 Å². The number of nitro benzene ring substituents is 9. The van der Waals surface area contributed by atoms with Gasteiger partial charge in [0.15, 0.2) is 0 Å². The number of nitro groups is 9. The maximum Gasteiger partial charge on any atom is 3.00 e. The van der Waals surface area contributed by atoms with E-state index in [4.69, 9.17) is 0 Å². The minimum Gasteiger partial charge on any atom is -0.863 e. The third-order valence-corrected chi connectivity index (χ3v) is 4.92. The molecule has 0 amide bonds. The van der Waals surface area contributed by atoms with Crippen LogP contribution in [-0.2, 0) is 0 Å². The standard InChI is InChI=1S/3C6H3N3O7.Al/c3*10-6-4(8(13)14)1-3(7(11)12)2-5(6)9(15)16;/h3*1-2,10H;/q;;;+3/p-3. The Morgan fingerprint density at radius 2 is 0.408 bits per heavy atom. The predicted molar refractivity (Wildman–Crippen MR) is 143 cm³/mol. The molecule has 0 atom stereocenters. The molecule has 49 heavy (non-hydrogen) atoms. The van der Waals surface area contributed by atoms with Gasteiger partial charge in [-0.25, -0.2) is 0 Å². The van der Waals surface area contributed by atoms with Crippen molar-refractivity contribution >= 4 is 68.5 Å². The van der Waals surface area contributed by atoms with Crippen molar-refractivity contribution in [3.05, 3.63) is 127 Å². The molecular formula is C18H6AlN9O21. The molecular weight excluding hydrogens is 705 g/mol. The second-order valence-electron chi connectivity index (χ2n) is 7.75. The van der Waals surface area contributed by atoms with Crippen LogP contribution in [-0.4, -0.2) is 61.7 Å². The smallest absolute Gasteiger partial charge is 0.863 e. The van der Waals surface area contributed by atoms with Crippen molar-refractivity contribution in [2.75, 3.05) is 0 Å². The van der Waals surface area contributed by atoms with Crippen molar-refractivity contribution < 1.29 is 59.6 Å². The molecule has 0 saturated heterocycles. The average molecular weight is 711 g/mol. The maximum absolute atomic E-state index is 11.1. The zero-order valence-corrected chi connectivity index (χ0v) is 23.8. The molecule has 0 heterocycles. The molecule has 0 fully saturated rings. The molecule has 252 valence electrons. The van der Waals surface area contributed by atoms with Crippen LogP contribution in [0.2, 0.25) is 0 Å².